The number of hydrogen-bond donors (Lipinski definition) is 0. The molecule has 2 nitrogen and oxygen atoms in total. The molecule has 0 radical (unpaired) electrons. The molecule has 5 heteroatoms. The van der Waals surface area contributed by atoms with Gasteiger partial charge in [-0.3, -0.25) is 0 Å². The predicted molar refractivity (Wildman–Crippen MR) is 29.5 cm³/mol. The van der Waals surface area contributed by atoms with E-state index >= 15 is 0 Å². The Bertz CT molecular complexity index is 106. The van der Waals surface area contributed by atoms with Crippen molar-refractivity contribution in [3.63, 3.8) is 0 Å². The lowest BCUT2D eigenvalue weighted by atomic mass is 11.5. The highest BCUT2D eigenvalue weighted by Crippen LogP contribution is 2.20. The molecule has 0 aromatic carbocycles. The van der Waals surface area contributed by atoms with E-state index in [-0.39, 0.29) is 4.83 Å². The lowest BCUT2D eigenvalue weighted by molar-refractivity contribution is 1.34. The Labute approximate surface area is 48.3 Å². The molecule has 0 N–H and O–H groups in total. The number of rotatable bonds is 0. The van der Waals surface area contributed by atoms with Crippen molar-refractivity contribution in [3.05, 3.63) is 0 Å². The van der Waals surface area contributed by atoms with Gasteiger partial charge in [0.1, 0.15) is 0 Å². The Balaban J connectivity index is 2.55. The van der Waals surface area contributed by atoms with Crippen LogP contribution in [0, 0.1) is 0 Å². The summed E-state index contributed by atoms with van der Waals surface area (Å²) in [4.78, 5) is -0.144. The number of alkyl halides is 1. The van der Waals surface area contributed by atoms with Gasteiger partial charge in [-0.2, -0.15) is 4.36 Å². The van der Waals surface area contributed by atoms with Gasteiger partial charge >= 0.3 is 0 Å². The molecule has 0 amide bonds. The van der Waals surface area contributed by atoms with E-state index in [1.807, 2.05) is 0 Å². The molecular formula is CHClN2S2. The van der Waals surface area contributed by atoms with Crippen LogP contribution in [-0.4, -0.2) is 4.83 Å². The van der Waals surface area contributed by atoms with Crippen molar-refractivity contribution in [1.29, 1.82) is 0 Å². The Morgan fingerprint density at radius 3 is 2.67 bits per heavy atom. The largest absolute Gasteiger partial charge is 0.204 e. The lowest BCUT2D eigenvalue weighted by Gasteiger charge is -1.80. The van der Waals surface area contributed by atoms with Gasteiger partial charge in [-0.05, 0) is 0 Å². The van der Waals surface area contributed by atoms with Crippen molar-refractivity contribution < 1.29 is 0 Å². The maximum Gasteiger partial charge on any atom is 0.204 e. The van der Waals surface area contributed by atoms with Crippen LogP contribution >= 0.6 is 23.5 Å². The van der Waals surface area contributed by atoms with Crippen molar-refractivity contribution in [2.75, 3.05) is 0 Å². The first-order valence-electron chi connectivity index (χ1n) is 1.26. The average molecular weight is 141 g/mol. The minimum absolute atomic E-state index is 0.144. The highest BCUT2D eigenvalue weighted by Gasteiger charge is 2.01. The molecule has 0 aromatic rings. The van der Waals surface area contributed by atoms with Crippen LogP contribution < -0.4 is 0 Å². The standard InChI is InChI=1S/CHClN2S2/c2-1-3-6-4-5-1/h1H. The van der Waals surface area contributed by atoms with E-state index in [2.05, 4.69) is 8.13 Å². The van der Waals surface area contributed by atoms with Gasteiger partial charge in [-0.25, -0.2) is 0 Å². The summed E-state index contributed by atoms with van der Waals surface area (Å²) < 4.78 is 7.41. The third-order valence-electron chi connectivity index (χ3n) is 0.293. The zero-order valence-corrected chi connectivity index (χ0v) is 5.06. The van der Waals surface area contributed by atoms with Gasteiger partial charge in [-0.15, -0.1) is 3.77 Å². The first kappa shape index (κ1) is 4.61. The number of nitrogens with zero attached hydrogens (tertiary/aromatic N) is 2. The average Bonchev–Trinajstić information content (AvgIpc) is 1.86. The Morgan fingerprint density at radius 2 is 2.50 bits per heavy atom. The van der Waals surface area contributed by atoms with Crippen molar-refractivity contribution in [2.45, 2.75) is 4.83 Å². The quantitative estimate of drug-likeness (QED) is 0.285. The van der Waals surface area contributed by atoms with Gasteiger partial charge in [-0.1, -0.05) is 11.6 Å². The molecular weight excluding hydrogens is 140 g/mol. The summed E-state index contributed by atoms with van der Waals surface area (Å²) in [7, 11) is 0. The van der Waals surface area contributed by atoms with Gasteiger partial charge in [0.15, 0.2) is 0 Å². The summed E-state index contributed by atoms with van der Waals surface area (Å²) in [6.45, 7) is 0. The molecule has 1 aliphatic rings. The molecule has 1 heterocycles. The third kappa shape index (κ3) is 0.959. The second kappa shape index (κ2) is 1.95. The fraction of sp³-hybridized carbons (Fsp3) is 1.00. The maximum absolute atomic E-state index is 5.39. The first-order valence-corrected chi connectivity index (χ1v) is 3.26. The fourth-order valence-electron chi connectivity index (χ4n) is 0.130. The SMILES string of the molecule is ClC1N=S=NS1. The predicted octanol–water partition coefficient (Wildman–Crippen LogP) is 1.62. The molecule has 6 heavy (non-hydrogen) atoms. The van der Waals surface area contributed by atoms with E-state index < -0.39 is 0 Å². The molecule has 0 aromatic heterocycles. The zero-order chi connectivity index (χ0) is 4.41. The van der Waals surface area contributed by atoms with Crippen molar-refractivity contribution in [3.8, 4) is 0 Å². The van der Waals surface area contributed by atoms with E-state index in [0.717, 1.165) is 11.4 Å². The molecule has 0 aliphatic carbocycles. The first-order chi connectivity index (χ1) is 2.89. The van der Waals surface area contributed by atoms with Gasteiger partial charge in [0.05, 0.1) is 11.4 Å². The van der Waals surface area contributed by atoms with Crippen LogP contribution in [0.1, 0.15) is 0 Å². The summed E-state index contributed by atoms with van der Waals surface area (Å²) >= 11 is 7.84. The van der Waals surface area contributed by atoms with E-state index in [0.29, 0.717) is 0 Å². The number of halogens is 1. The number of hydrogen-bond acceptors (Lipinski definition) is 3. The van der Waals surface area contributed by atoms with Crippen LogP contribution in [-0.2, 0) is 11.4 Å². The molecule has 1 aliphatic heterocycles. The molecule has 0 saturated carbocycles. The summed E-state index contributed by atoms with van der Waals surface area (Å²) in [5.74, 6) is 0. The molecule has 1 unspecified atom stereocenters. The van der Waals surface area contributed by atoms with Gasteiger partial charge in [0.2, 0.25) is 4.83 Å². The summed E-state index contributed by atoms with van der Waals surface area (Å²) in [5, 5.41) is 0. The highest BCUT2D eigenvalue weighted by atomic mass is 35.5. The topological polar surface area (TPSA) is 24.7 Å². The minimum atomic E-state index is -0.144. The van der Waals surface area contributed by atoms with Gasteiger partial charge in [0, 0.05) is 11.9 Å². The van der Waals surface area contributed by atoms with Crippen LogP contribution in [0.15, 0.2) is 8.13 Å². The summed E-state index contributed by atoms with van der Waals surface area (Å²) in [6, 6.07) is 0. The minimum Gasteiger partial charge on any atom is -0.180 e. The summed E-state index contributed by atoms with van der Waals surface area (Å²) in [5.41, 5.74) is 0. The maximum atomic E-state index is 5.39. The molecule has 1 atom stereocenters. The van der Waals surface area contributed by atoms with Crippen LogP contribution in [0.25, 0.3) is 0 Å². The van der Waals surface area contributed by atoms with Crippen molar-refractivity contribution in [2.24, 2.45) is 8.13 Å². The lowest BCUT2D eigenvalue weighted by Crippen LogP contribution is -1.72. The van der Waals surface area contributed by atoms with Gasteiger partial charge < -0.3 is 0 Å². The molecule has 0 bridgehead atoms. The fourth-order valence-corrected chi connectivity index (χ4v) is 1.47. The van der Waals surface area contributed by atoms with E-state index in [9.17, 15) is 0 Å². The third-order valence-corrected chi connectivity index (χ3v) is 2.07. The normalized spacial score (nSPS) is 30.5. The second-order valence-corrected chi connectivity index (χ2v) is 2.96. The molecule has 0 spiro atoms. The smallest absolute Gasteiger partial charge is 0.180 e. The molecule has 0 fully saturated rings. The molecule has 1 rings (SSSR count). The Hall–Kier alpha value is 0.460. The van der Waals surface area contributed by atoms with Crippen LogP contribution in [0.4, 0.5) is 0 Å². The monoisotopic (exact) mass is 140 g/mol. The van der Waals surface area contributed by atoms with E-state index in [1.54, 1.807) is 0 Å². The van der Waals surface area contributed by atoms with Crippen molar-refractivity contribution in [1.82, 2.24) is 0 Å². The highest BCUT2D eigenvalue weighted by molar-refractivity contribution is 8.03. The second-order valence-electron chi connectivity index (χ2n) is 0.659. The summed E-state index contributed by atoms with van der Waals surface area (Å²) in [6.07, 6.45) is 0. The van der Waals surface area contributed by atoms with Crippen LogP contribution in [0.5, 0.6) is 0 Å². The van der Waals surface area contributed by atoms with E-state index in [4.69, 9.17) is 11.6 Å². The van der Waals surface area contributed by atoms with Gasteiger partial charge in [0.25, 0.3) is 0 Å². The Morgan fingerprint density at radius 1 is 1.67 bits per heavy atom. The van der Waals surface area contributed by atoms with Crippen LogP contribution in [0.3, 0.4) is 0 Å². The zero-order valence-electron chi connectivity index (χ0n) is 2.67. The van der Waals surface area contributed by atoms with E-state index in [1.165, 1.54) is 11.9 Å². The molecule has 0 saturated heterocycles. The van der Waals surface area contributed by atoms with Crippen LogP contribution in [0.2, 0.25) is 0 Å². The van der Waals surface area contributed by atoms with Crippen molar-refractivity contribution >= 4 is 34.9 Å². The Kier molecular flexibility index (Phi) is 1.50. The molecule has 34 valence electrons.